The molecule has 1 fully saturated rings. The van der Waals surface area contributed by atoms with Gasteiger partial charge in [-0.3, -0.25) is 4.79 Å². The fourth-order valence-corrected chi connectivity index (χ4v) is 4.59. The number of carboxylic acids is 1. The minimum atomic E-state index is -0.898. The molecular formula is C23H27NO4S. The minimum Gasteiger partial charge on any atom is -0.477 e. The Morgan fingerprint density at radius 3 is 2.90 bits per heavy atom. The van der Waals surface area contributed by atoms with Gasteiger partial charge >= 0.3 is 5.97 Å². The van der Waals surface area contributed by atoms with Crippen molar-refractivity contribution in [2.45, 2.75) is 51.2 Å². The fourth-order valence-electron chi connectivity index (χ4n) is 3.70. The zero-order valence-electron chi connectivity index (χ0n) is 16.6. The van der Waals surface area contributed by atoms with E-state index >= 15 is 0 Å². The largest absolute Gasteiger partial charge is 0.477 e. The molecule has 0 saturated carbocycles. The van der Waals surface area contributed by atoms with Crippen molar-refractivity contribution < 1.29 is 19.8 Å². The Morgan fingerprint density at radius 2 is 2.17 bits per heavy atom. The van der Waals surface area contributed by atoms with Crippen LogP contribution in [-0.4, -0.2) is 45.7 Å². The van der Waals surface area contributed by atoms with Crippen LogP contribution in [0.3, 0.4) is 0 Å². The normalized spacial score (nSPS) is 17.9. The molecular weight excluding hydrogens is 386 g/mol. The molecule has 2 aromatic rings. The number of aliphatic hydroxyl groups excluding tert-OH is 1. The van der Waals surface area contributed by atoms with E-state index in [1.54, 1.807) is 12.1 Å². The molecule has 0 bridgehead atoms. The van der Waals surface area contributed by atoms with E-state index < -0.39 is 12.1 Å². The van der Waals surface area contributed by atoms with E-state index in [2.05, 4.69) is 6.07 Å². The summed E-state index contributed by atoms with van der Waals surface area (Å²) in [5.41, 5.74) is 2.27. The molecule has 0 radical (unpaired) electrons. The zero-order chi connectivity index (χ0) is 20.8. The minimum absolute atomic E-state index is 0.0209. The maximum absolute atomic E-state index is 12.2. The second kappa shape index (κ2) is 9.85. The van der Waals surface area contributed by atoms with Crippen molar-refractivity contribution in [3.05, 3.63) is 69.4 Å². The fraction of sp³-hybridized carbons (Fsp3) is 0.391. The SMILES string of the molecule is Cc1cccc(C[C@H](O)C=C[C@H]2CCC(=O)N2CCCc2ccc(C(=O)O)s2)c1. The van der Waals surface area contributed by atoms with Crippen LogP contribution in [0.15, 0.2) is 48.6 Å². The quantitative estimate of drug-likeness (QED) is 0.613. The summed E-state index contributed by atoms with van der Waals surface area (Å²) in [6, 6.07) is 11.6. The molecule has 2 heterocycles. The third-order valence-electron chi connectivity index (χ3n) is 5.15. The van der Waals surface area contributed by atoms with Crippen LogP contribution in [0.25, 0.3) is 0 Å². The standard InChI is InChI=1S/C23H27NO4S/c1-16-4-2-5-17(14-16)15-19(25)9-7-18-8-12-22(26)24(18)13-3-6-20-10-11-21(29-20)23(27)28/h2,4-5,7,9-11,14,18-19,25H,3,6,8,12-13,15H2,1H3,(H,27,28)/t18-,19+/m0/s1. The molecule has 1 amide bonds. The summed E-state index contributed by atoms with van der Waals surface area (Å²) in [6.45, 7) is 2.68. The van der Waals surface area contributed by atoms with Crippen LogP contribution >= 0.6 is 11.3 Å². The highest BCUT2D eigenvalue weighted by molar-refractivity contribution is 7.13. The molecule has 1 aromatic heterocycles. The first-order valence-corrected chi connectivity index (χ1v) is 10.8. The molecule has 154 valence electrons. The van der Waals surface area contributed by atoms with E-state index in [1.165, 1.54) is 16.9 Å². The second-order valence-corrected chi connectivity index (χ2v) is 8.68. The summed E-state index contributed by atoms with van der Waals surface area (Å²) in [5.74, 6) is -0.754. The predicted molar refractivity (Wildman–Crippen MR) is 114 cm³/mol. The summed E-state index contributed by atoms with van der Waals surface area (Å²) < 4.78 is 0. The first kappa shape index (κ1) is 21.3. The van der Waals surface area contributed by atoms with Crippen molar-refractivity contribution in [2.24, 2.45) is 0 Å². The van der Waals surface area contributed by atoms with Crippen LogP contribution in [0, 0.1) is 6.92 Å². The molecule has 2 atom stereocenters. The van der Waals surface area contributed by atoms with Crippen LogP contribution in [0.2, 0.25) is 0 Å². The van der Waals surface area contributed by atoms with Crippen molar-refractivity contribution in [1.82, 2.24) is 4.90 Å². The van der Waals surface area contributed by atoms with Gasteiger partial charge < -0.3 is 15.1 Å². The van der Waals surface area contributed by atoms with E-state index in [0.29, 0.717) is 24.3 Å². The summed E-state index contributed by atoms with van der Waals surface area (Å²) in [7, 11) is 0. The highest BCUT2D eigenvalue weighted by Crippen LogP contribution is 2.23. The number of hydrogen-bond acceptors (Lipinski definition) is 4. The van der Waals surface area contributed by atoms with Crippen LogP contribution in [0.4, 0.5) is 0 Å². The topological polar surface area (TPSA) is 77.8 Å². The number of hydrogen-bond donors (Lipinski definition) is 2. The van der Waals surface area contributed by atoms with Crippen molar-refractivity contribution in [1.29, 1.82) is 0 Å². The maximum Gasteiger partial charge on any atom is 0.345 e. The molecule has 1 saturated heterocycles. The van der Waals surface area contributed by atoms with Crippen molar-refractivity contribution in [3.63, 3.8) is 0 Å². The Bertz CT molecular complexity index is 889. The number of nitrogens with zero attached hydrogens (tertiary/aromatic N) is 1. The van der Waals surface area contributed by atoms with Gasteiger partial charge in [0.05, 0.1) is 12.1 Å². The van der Waals surface area contributed by atoms with Crippen LogP contribution < -0.4 is 0 Å². The molecule has 6 heteroatoms. The number of carbonyl (C=O) groups is 2. The van der Waals surface area contributed by atoms with Crippen molar-refractivity contribution in [3.8, 4) is 0 Å². The number of carboxylic acid groups (broad SMARTS) is 1. The molecule has 1 aliphatic rings. The molecule has 1 aliphatic heterocycles. The number of carbonyl (C=O) groups excluding carboxylic acids is 1. The van der Waals surface area contributed by atoms with Gasteiger partial charge in [0.1, 0.15) is 4.88 Å². The molecule has 3 rings (SSSR count). The molecule has 2 N–H and O–H groups in total. The lowest BCUT2D eigenvalue weighted by Gasteiger charge is -2.22. The lowest BCUT2D eigenvalue weighted by molar-refractivity contribution is -0.128. The van der Waals surface area contributed by atoms with Crippen LogP contribution in [-0.2, 0) is 17.6 Å². The highest BCUT2D eigenvalue weighted by atomic mass is 32.1. The number of likely N-dealkylation sites (tertiary alicyclic amines) is 1. The van der Waals surface area contributed by atoms with E-state index in [4.69, 9.17) is 5.11 Å². The number of aliphatic hydroxyl groups is 1. The third kappa shape index (κ3) is 6.02. The lowest BCUT2D eigenvalue weighted by atomic mass is 10.0. The van der Waals surface area contributed by atoms with E-state index in [0.717, 1.165) is 29.7 Å². The number of benzene rings is 1. The number of aromatic carboxylic acids is 1. The summed E-state index contributed by atoms with van der Waals surface area (Å²) >= 11 is 1.29. The molecule has 29 heavy (non-hydrogen) atoms. The van der Waals surface area contributed by atoms with Crippen LogP contribution in [0.1, 0.15) is 44.9 Å². The Kier molecular flexibility index (Phi) is 7.23. The molecule has 0 aliphatic carbocycles. The average molecular weight is 414 g/mol. The van der Waals surface area contributed by atoms with Gasteiger partial charge in [-0.05, 0) is 43.9 Å². The molecule has 0 spiro atoms. The predicted octanol–water partition coefficient (Wildman–Crippen LogP) is 3.84. The Hall–Kier alpha value is -2.44. The first-order valence-electron chi connectivity index (χ1n) is 9.96. The van der Waals surface area contributed by atoms with E-state index in [1.807, 2.05) is 42.2 Å². The number of thiophene rings is 1. The second-order valence-electron chi connectivity index (χ2n) is 7.51. The van der Waals surface area contributed by atoms with Gasteiger partial charge in [0.25, 0.3) is 0 Å². The number of amides is 1. The van der Waals surface area contributed by atoms with Crippen LogP contribution in [0.5, 0.6) is 0 Å². The molecule has 5 nitrogen and oxygen atoms in total. The summed E-state index contributed by atoms with van der Waals surface area (Å²) in [5, 5.41) is 19.3. The summed E-state index contributed by atoms with van der Waals surface area (Å²) in [4.78, 5) is 26.5. The number of aryl methyl sites for hydroxylation is 2. The Labute approximate surface area is 175 Å². The summed E-state index contributed by atoms with van der Waals surface area (Å²) in [6.07, 6.45) is 6.60. The van der Waals surface area contributed by atoms with Gasteiger partial charge in [0.15, 0.2) is 0 Å². The molecule has 0 unspecified atom stereocenters. The van der Waals surface area contributed by atoms with Crippen molar-refractivity contribution in [2.75, 3.05) is 6.54 Å². The monoisotopic (exact) mass is 413 g/mol. The average Bonchev–Trinajstić information content (AvgIpc) is 3.28. The van der Waals surface area contributed by atoms with Crippen molar-refractivity contribution >= 4 is 23.2 Å². The smallest absolute Gasteiger partial charge is 0.345 e. The van der Waals surface area contributed by atoms with Gasteiger partial charge in [0, 0.05) is 24.3 Å². The number of rotatable bonds is 9. The third-order valence-corrected chi connectivity index (χ3v) is 6.29. The van der Waals surface area contributed by atoms with Gasteiger partial charge in [-0.2, -0.15) is 0 Å². The van der Waals surface area contributed by atoms with Gasteiger partial charge in [-0.1, -0.05) is 42.0 Å². The van der Waals surface area contributed by atoms with E-state index in [-0.39, 0.29) is 11.9 Å². The first-order chi connectivity index (χ1) is 13.9. The van der Waals surface area contributed by atoms with Gasteiger partial charge in [0.2, 0.25) is 5.91 Å². The Morgan fingerprint density at radius 1 is 1.34 bits per heavy atom. The maximum atomic E-state index is 12.2. The van der Waals surface area contributed by atoms with Gasteiger partial charge in [-0.15, -0.1) is 11.3 Å². The highest BCUT2D eigenvalue weighted by Gasteiger charge is 2.28. The van der Waals surface area contributed by atoms with E-state index in [9.17, 15) is 14.7 Å². The zero-order valence-corrected chi connectivity index (χ0v) is 17.4. The van der Waals surface area contributed by atoms with Gasteiger partial charge in [-0.25, -0.2) is 4.79 Å². The lowest BCUT2D eigenvalue weighted by Crippen LogP contribution is -2.33. The molecule has 1 aromatic carbocycles. The Balaban J connectivity index is 1.51.